The van der Waals surface area contributed by atoms with E-state index in [2.05, 4.69) is 18.8 Å². The van der Waals surface area contributed by atoms with Crippen LogP contribution in [0.5, 0.6) is 0 Å². The van der Waals surface area contributed by atoms with Gasteiger partial charge in [-0.15, -0.1) is 0 Å². The van der Waals surface area contributed by atoms with Crippen molar-refractivity contribution in [3.05, 3.63) is 12.2 Å². The van der Waals surface area contributed by atoms with E-state index in [-0.39, 0.29) is 0 Å². The third-order valence-electron chi connectivity index (χ3n) is 1.89. The van der Waals surface area contributed by atoms with Crippen molar-refractivity contribution < 1.29 is 0 Å². The summed E-state index contributed by atoms with van der Waals surface area (Å²) in [4.78, 5) is 0. The van der Waals surface area contributed by atoms with E-state index in [1.807, 2.05) is 0 Å². The van der Waals surface area contributed by atoms with Crippen LogP contribution in [0.15, 0.2) is 12.2 Å². The van der Waals surface area contributed by atoms with E-state index in [1.54, 1.807) is 0 Å². The van der Waals surface area contributed by atoms with Gasteiger partial charge < -0.3 is 5.32 Å². The number of hydrogen-bond acceptors (Lipinski definition) is 1. The highest BCUT2D eigenvalue weighted by atomic mass is 14.9. The van der Waals surface area contributed by atoms with Crippen molar-refractivity contribution in [2.75, 3.05) is 6.54 Å². The molecular weight excluding hydrogens is 110 g/mol. The van der Waals surface area contributed by atoms with Crippen molar-refractivity contribution in [2.45, 2.75) is 32.2 Å². The molecule has 1 fully saturated rings. The number of hydrogen-bond donors (Lipinski definition) is 1. The van der Waals surface area contributed by atoms with Crippen molar-refractivity contribution in [1.82, 2.24) is 5.32 Å². The quantitative estimate of drug-likeness (QED) is 0.566. The molecule has 1 aliphatic carbocycles. The fourth-order valence-electron chi connectivity index (χ4n) is 1.06. The van der Waals surface area contributed by atoms with Crippen LogP contribution in [-0.4, -0.2) is 12.6 Å². The zero-order chi connectivity index (χ0) is 6.69. The van der Waals surface area contributed by atoms with E-state index in [0.29, 0.717) is 6.04 Å². The molecule has 0 aromatic rings. The highest BCUT2D eigenvalue weighted by Crippen LogP contribution is 2.23. The van der Waals surface area contributed by atoms with E-state index in [9.17, 15) is 0 Å². The molecule has 1 saturated carbocycles. The van der Waals surface area contributed by atoms with Crippen LogP contribution >= 0.6 is 0 Å². The number of nitrogens with one attached hydrogen (secondary N) is 1. The minimum Gasteiger partial charge on any atom is -0.310 e. The van der Waals surface area contributed by atoms with Crippen molar-refractivity contribution in [2.24, 2.45) is 0 Å². The summed E-state index contributed by atoms with van der Waals surface area (Å²) in [5.74, 6) is 0. The maximum Gasteiger partial charge on any atom is 0.0279 e. The first-order valence-electron chi connectivity index (χ1n) is 3.75. The highest BCUT2D eigenvalue weighted by molar-refractivity contribution is 5.14. The van der Waals surface area contributed by atoms with Crippen LogP contribution in [0.4, 0.5) is 0 Å². The summed E-state index contributed by atoms with van der Waals surface area (Å²) >= 11 is 0. The Morgan fingerprint density at radius 2 is 2.56 bits per heavy atom. The molecule has 0 radical (unpaired) electrons. The molecule has 0 aliphatic heterocycles. The van der Waals surface area contributed by atoms with Crippen LogP contribution in [0.2, 0.25) is 0 Å². The molecule has 1 heteroatoms. The Labute approximate surface area is 57.1 Å². The Hall–Kier alpha value is -0.300. The van der Waals surface area contributed by atoms with E-state index < -0.39 is 0 Å². The zero-order valence-electron chi connectivity index (χ0n) is 6.11. The van der Waals surface area contributed by atoms with Crippen molar-refractivity contribution in [3.8, 4) is 0 Å². The molecule has 1 N–H and O–H groups in total. The molecule has 0 bridgehead atoms. The zero-order valence-corrected chi connectivity index (χ0v) is 6.11. The molecule has 9 heavy (non-hydrogen) atoms. The Bertz CT molecular complexity index is 107. The van der Waals surface area contributed by atoms with Gasteiger partial charge in [0, 0.05) is 6.04 Å². The topological polar surface area (TPSA) is 12.0 Å². The summed E-state index contributed by atoms with van der Waals surface area (Å²) in [5.41, 5.74) is 1.39. The summed E-state index contributed by atoms with van der Waals surface area (Å²) in [6, 6.07) is 0.657. The lowest BCUT2D eigenvalue weighted by Crippen LogP contribution is -2.37. The van der Waals surface area contributed by atoms with Crippen LogP contribution in [-0.2, 0) is 0 Å². The third kappa shape index (κ3) is 1.55. The summed E-state index contributed by atoms with van der Waals surface area (Å²) in [7, 11) is 0. The van der Waals surface area contributed by atoms with Gasteiger partial charge in [0.25, 0.3) is 0 Å². The van der Waals surface area contributed by atoms with Crippen LogP contribution < -0.4 is 5.32 Å². The van der Waals surface area contributed by atoms with Crippen molar-refractivity contribution in [1.29, 1.82) is 0 Å². The fraction of sp³-hybridized carbons (Fsp3) is 0.750. The smallest absolute Gasteiger partial charge is 0.0279 e. The van der Waals surface area contributed by atoms with Gasteiger partial charge in [0.1, 0.15) is 0 Å². The molecule has 1 aliphatic rings. The van der Waals surface area contributed by atoms with E-state index >= 15 is 0 Å². The van der Waals surface area contributed by atoms with Gasteiger partial charge in [0.15, 0.2) is 0 Å². The van der Waals surface area contributed by atoms with Crippen LogP contribution in [0.25, 0.3) is 0 Å². The second-order valence-corrected chi connectivity index (χ2v) is 2.70. The number of rotatable bonds is 3. The second-order valence-electron chi connectivity index (χ2n) is 2.70. The predicted octanol–water partition coefficient (Wildman–Crippen LogP) is 1.70. The first-order valence-corrected chi connectivity index (χ1v) is 3.75. The van der Waals surface area contributed by atoms with E-state index in [4.69, 9.17) is 0 Å². The monoisotopic (exact) mass is 125 g/mol. The second kappa shape index (κ2) is 3.02. The Balaban J connectivity index is 2.06. The minimum atomic E-state index is 0.657. The average Bonchev–Trinajstić information content (AvgIpc) is 1.86. The lowest BCUT2D eigenvalue weighted by atomic mass is 9.87. The summed E-state index contributed by atoms with van der Waals surface area (Å²) in [5, 5.41) is 3.42. The van der Waals surface area contributed by atoms with Crippen molar-refractivity contribution >= 4 is 0 Å². The lowest BCUT2D eigenvalue weighted by molar-refractivity contribution is 0.449. The highest BCUT2D eigenvalue weighted by Gasteiger charge is 2.20. The first kappa shape index (κ1) is 6.81. The summed E-state index contributed by atoms with van der Waals surface area (Å²) in [6.45, 7) is 7.26. The van der Waals surface area contributed by atoms with Gasteiger partial charge in [0.05, 0.1) is 0 Å². The molecule has 0 spiro atoms. The van der Waals surface area contributed by atoms with Crippen LogP contribution in [0.1, 0.15) is 26.2 Å². The molecule has 1 unspecified atom stereocenters. The largest absolute Gasteiger partial charge is 0.310 e. The van der Waals surface area contributed by atoms with Gasteiger partial charge in [-0.25, -0.2) is 0 Å². The molecule has 0 saturated heterocycles. The minimum absolute atomic E-state index is 0.657. The van der Waals surface area contributed by atoms with Gasteiger partial charge in [0.2, 0.25) is 0 Å². The maximum atomic E-state index is 3.93. The SMILES string of the molecule is C=C1CCC1NCCC. The average molecular weight is 125 g/mol. The molecule has 0 heterocycles. The Morgan fingerprint density at radius 3 is 2.89 bits per heavy atom. The van der Waals surface area contributed by atoms with Gasteiger partial charge in [-0.05, 0) is 25.8 Å². The molecule has 0 aromatic heterocycles. The first-order chi connectivity index (χ1) is 4.34. The summed E-state index contributed by atoms with van der Waals surface area (Å²) in [6.07, 6.45) is 3.77. The third-order valence-corrected chi connectivity index (χ3v) is 1.89. The van der Waals surface area contributed by atoms with Gasteiger partial charge in [-0.1, -0.05) is 19.1 Å². The lowest BCUT2D eigenvalue weighted by Gasteiger charge is -2.29. The Morgan fingerprint density at radius 1 is 1.78 bits per heavy atom. The maximum absolute atomic E-state index is 3.93. The predicted molar refractivity (Wildman–Crippen MR) is 40.5 cm³/mol. The summed E-state index contributed by atoms with van der Waals surface area (Å²) < 4.78 is 0. The van der Waals surface area contributed by atoms with Gasteiger partial charge >= 0.3 is 0 Å². The molecule has 0 aromatic carbocycles. The van der Waals surface area contributed by atoms with Crippen LogP contribution in [0.3, 0.4) is 0 Å². The normalized spacial score (nSPS) is 25.9. The fourth-order valence-corrected chi connectivity index (χ4v) is 1.06. The van der Waals surface area contributed by atoms with Gasteiger partial charge in [-0.2, -0.15) is 0 Å². The molecular formula is C8H15N. The van der Waals surface area contributed by atoms with E-state index in [1.165, 1.54) is 24.8 Å². The van der Waals surface area contributed by atoms with Gasteiger partial charge in [-0.3, -0.25) is 0 Å². The van der Waals surface area contributed by atoms with Crippen molar-refractivity contribution in [3.63, 3.8) is 0 Å². The molecule has 1 atom stereocenters. The van der Waals surface area contributed by atoms with Crippen LogP contribution in [0, 0.1) is 0 Å². The van der Waals surface area contributed by atoms with E-state index in [0.717, 1.165) is 6.54 Å². The molecule has 1 nitrogen and oxygen atoms in total. The molecule has 52 valence electrons. The molecule has 1 rings (SSSR count). The molecule has 0 amide bonds. The Kier molecular flexibility index (Phi) is 2.29. The standard InChI is InChI=1S/C8H15N/c1-3-6-9-8-5-4-7(8)2/h8-9H,2-6H2,1H3.